The lowest BCUT2D eigenvalue weighted by Gasteiger charge is -2.24. The lowest BCUT2D eigenvalue weighted by molar-refractivity contribution is -0.139. The Kier molecular flexibility index (Phi) is 7.42. The maximum absolute atomic E-state index is 14.3. The number of aromatic nitrogens is 4. The molecule has 1 aromatic carbocycles. The molecule has 1 aliphatic heterocycles. The van der Waals surface area contributed by atoms with E-state index in [1.54, 1.807) is 25.4 Å². The van der Waals surface area contributed by atoms with Gasteiger partial charge in [0.15, 0.2) is 5.78 Å². The highest BCUT2D eigenvalue weighted by atomic mass is 19.1. The number of fused-ring (bicyclic) bond motifs is 1. The van der Waals surface area contributed by atoms with Crippen molar-refractivity contribution < 1.29 is 18.8 Å². The number of rotatable bonds is 8. The quantitative estimate of drug-likeness (QED) is 0.482. The molecule has 1 aliphatic rings. The highest BCUT2D eigenvalue weighted by molar-refractivity contribution is 6.06. The summed E-state index contributed by atoms with van der Waals surface area (Å²) in [5.74, 6) is -0.0639. The predicted molar refractivity (Wildman–Crippen MR) is 133 cm³/mol. The van der Waals surface area contributed by atoms with Crippen molar-refractivity contribution in [3.8, 4) is 11.1 Å². The van der Waals surface area contributed by atoms with Gasteiger partial charge in [0.05, 0.1) is 12.1 Å². The molecule has 3 heterocycles. The van der Waals surface area contributed by atoms with Crippen molar-refractivity contribution in [2.75, 3.05) is 13.1 Å². The van der Waals surface area contributed by atoms with Gasteiger partial charge in [0.2, 0.25) is 11.8 Å². The summed E-state index contributed by atoms with van der Waals surface area (Å²) in [6, 6.07) is 4.60. The molecular formula is C26H31FN6O3. The van der Waals surface area contributed by atoms with Gasteiger partial charge in [0.25, 0.3) is 0 Å². The first kappa shape index (κ1) is 25.4. The Hall–Kier alpha value is -3.69. The molecular weight excluding hydrogens is 463 g/mol. The van der Waals surface area contributed by atoms with Crippen LogP contribution in [0.1, 0.15) is 49.9 Å². The van der Waals surface area contributed by atoms with Crippen molar-refractivity contribution in [2.24, 2.45) is 5.92 Å². The van der Waals surface area contributed by atoms with Gasteiger partial charge in [0, 0.05) is 43.2 Å². The number of amides is 2. The monoisotopic (exact) mass is 494 g/mol. The van der Waals surface area contributed by atoms with E-state index in [0.717, 1.165) is 17.5 Å². The van der Waals surface area contributed by atoms with Crippen LogP contribution >= 0.6 is 0 Å². The number of aryl methyl sites for hydroxylation is 1. The molecule has 0 bridgehead atoms. The van der Waals surface area contributed by atoms with E-state index in [4.69, 9.17) is 0 Å². The second-order valence-corrected chi connectivity index (χ2v) is 9.47. The fourth-order valence-corrected chi connectivity index (χ4v) is 4.35. The molecule has 190 valence electrons. The summed E-state index contributed by atoms with van der Waals surface area (Å²) in [6.45, 7) is 7.39. The summed E-state index contributed by atoms with van der Waals surface area (Å²) in [5, 5.41) is 7.84. The fraction of sp³-hybridized carbons (Fsp3) is 0.462. The Morgan fingerprint density at radius 1 is 1.19 bits per heavy atom. The smallest absolute Gasteiger partial charge is 0.245 e. The zero-order chi connectivity index (χ0) is 26.0. The normalized spacial score (nSPS) is 18.4. The number of halogens is 1. The molecule has 3 aromatic rings. The number of Topliss-reactive ketones (excluding diaryl/α,β-unsaturated/α-hetero) is 1. The Morgan fingerprint density at radius 3 is 2.58 bits per heavy atom. The first-order valence-corrected chi connectivity index (χ1v) is 12.2. The summed E-state index contributed by atoms with van der Waals surface area (Å²) >= 11 is 0. The third-order valence-electron chi connectivity index (χ3n) is 6.68. The number of nitrogens with zero attached hydrogens (tertiary/aromatic N) is 5. The number of alkyl halides is 1. The third-order valence-corrected chi connectivity index (χ3v) is 6.68. The van der Waals surface area contributed by atoms with Crippen molar-refractivity contribution in [2.45, 2.75) is 59.3 Å². The van der Waals surface area contributed by atoms with Crippen molar-refractivity contribution >= 4 is 28.5 Å². The van der Waals surface area contributed by atoms with Gasteiger partial charge in [0.1, 0.15) is 30.3 Å². The van der Waals surface area contributed by atoms with E-state index in [0.29, 0.717) is 23.3 Å². The molecule has 0 radical (unpaired) electrons. The maximum atomic E-state index is 14.3. The highest BCUT2D eigenvalue weighted by Crippen LogP contribution is 2.27. The highest BCUT2D eigenvalue weighted by Gasteiger charge is 2.40. The SMILES string of the molecule is CCC(C)CNC(=O)[C@@H]1C[C@@H](F)CN1C(=O)Cn1nc(C(C)=O)c2cc(-c3cnc(C)nc3)ccc21. The average molecular weight is 495 g/mol. The first-order chi connectivity index (χ1) is 17.2. The minimum absolute atomic E-state index is 0.0292. The molecule has 0 saturated carbocycles. The number of carbonyl (C=O) groups is 3. The number of hydrogen-bond acceptors (Lipinski definition) is 6. The van der Waals surface area contributed by atoms with Gasteiger partial charge in [-0.2, -0.15) is 5.10 Å². The molecule has 36 heavy (non-hydrogen) atoms. The Balaban J connectivity index is 1.59. The summed E-state index contributed by atoms with van der Waals surface area (Å²) < 4.78 is 15.7. The van der Waals surface area contributed by atoms with Crippen molar-refractivity contribution in [3.63, 3.8) is 0 Å². The third kappa shape index (κ3) is 5.27. The van der Waals surface area contributed by atoms with Crippen LogP contribution in [0.3, 0.4) is 0 Å². The largest absolute Gasteiger partial charge is 0.354 e. The molecule has 4 rings (SSSR count). The summed E-state index contributed by atoms with van der Waals surface area (Å²) in [7, 11) is 0. The van der Waals surface area contributed by atoms with Crippen LogP contribution in [0.15, 0.2) is 30.6 Å². The molecule has 1 unspecified atom stereocenters. The van der Waals surface area contributed by atoms with E-state index in [9.17, 15) is 18.8 Å². The van der Waals surface area contributed by atoms with Crippen LogP contribution in [0.4, 0.5) is 4.39 Å². The van der Waals surface area contributed by atoms with Crippen LogP contribution in [-0.4, -0.2) is 67.5 Å². The number of benzene rings is 1. The minimum Gasteiger partial charge on any atom is -0.354 e. The van der Waals surface area contributed by atoms with E-state index in [1.807, 2.05) is 26.0 Å². The zero-order valence-corrected chi connectivity index (χ0v) is 21.0. The summed E-state index contributed by atoms with van der Waals surface area (Å²) in [5.41, 5.74) is 2.44. The van der Waals surface area contributed by atoms with E-state index < -0.39 is 18.1 Å². The number of hydrogen-bond donors (Lipinski definition) is 1. The van der Waals surface area contributed by atoms with Gasteiger partial charge in [-0.25, -0.2) is 14.4 Å². The van der Waals surface area contributed by atoms with Crippen molar-refractivity contribution in [1.29, 1.82) is 0 Å². The predicted octanol–water partition coefficient (Wildman–Crippen LogP) is 3.11. The molecule has 1 fully saturated rings. The van der Waals surface area contributed by atoms with Crippen LogP contribution in [0.5, 0.6) is 0 Å². The van der Waals surface area contributed by atoms with E-state index in [1.165, 1.54) is 16.5 Å². The van der Waals surface area contributed by atoms with E-state index in [-0.39, 0.29) is 42.8 Å². The zero-order valence-electron chi connectivity index (χ0n) is 21.0. The minimum atomic E-state index is -1.27. The number of carbonyl (C=O) groups excluding carboxylic acids is 3. The second kappa shape index (κ2) is 10.5. The van der Waals surface area contributed by atoms with Crippen LogP contribution in [0, 0.1) is 12.8 Å². The maximum Gasteiger partial charge on any atom is 0.245 e. The number of nitrogens with one attached hydrogen (secondary N) is 1. The van der Waals surface area contributed by atoms with Crippen LogP contribution < -0.4 is 5.32 Å². The van der Waals surface area contributed by atoms with Gasteiger partial charge in [-0.15, -0.1) is 0 Å². The van der Waals surface area contributed by atoms with Gasteiger partial charge in [-0.05, 0) is 30.5 Å². The van der Waals surface area contributed by atoms with Crippen LogP contribution in [-0.2, 0) is 16.1 Å². The molecule has 2 aromatic heterocycles. The average Bonchev–Trinajstić information content (AvgIpc) is 3.43. The second-order valence-electron chi connectivity index (χ2n) is 9.47. The molecule has 0 spiro atoms. The summed E-state index contributed by atoms with van der Waals surface area (Å²) in [6.07, 6.45) is 3.02. The standard InChI is InChI=1S/C26H31FN6O3/c1-5-15(2)10-30-26(36)23-9-20(27)13-32(23)24(35)14-33-22-7-6-18(19-11-28-17(4)29-12-19)8-21(22)25(31-33)16(3)34/h6-8,11-12,15,20,23H,5,9-10,13-14H2,1-4H3,(H,30,36)/t15?,20-,23+/m1/s1. The Morgan fingerprint density at radius 2 is 1.92 bits per heavy atom. The van der Waals surface area contributed by atoms with Gasteiger partial charge >= 0.3 is 0 Å². The molecule has 0 aliphatic carbocycles. The topological polar surface area (TPSA) is 110 Å². The van der Waals surface area contributed by atoms with Gasteiger partial charge < -0.3 is 10.2 Å². The molecule has 3 atom stereocenters. The van der Waals surface area contributed by atoms with E-state index in [2.05, 4.69) is 20.4 Å². The first-order valence-electron chi connectivity index (χ1n) is 12.2. The Bertz CT molecular complexity index is 1290. The van der Waals surface area contributed by atoms with Crippen LogP contribution in [0.25, 0.3) is 22.0 Å². The molecule has 1 N–H and O–H groups in total. The summed E-state index contributed by atoms with van der Waals surface area (Å²) in [4.78, 5) is 48.0. The van der Waals surface area contributed by atoms with E-state index >= 15 is 0 Å². The number of likely N-dealkylation sites (tertiary alicyclic amines) is 1. The van der Waals surface area contributed by atoms with Crippen molar-refractivity contribution in [3.05, 3.63) is 42.1 Å². The molecule has 9 nitrogen and oxygen atoms in total. The van der Waals surface area contributed by atoms with Crippen molar-refractivity contribution in [1.82, 2.24) is 30.0 Å². The molecule has 1 saturated heterocycles. The molecule has 10 heteroatoms. The number of ketones is 1. The van der Waals surface area contributed by atoms with Gasteiger partial charge in [-0.3, -0.25) is 19.1 Å². The lowest BCUT2D eigenvalue weighted by Crippen LogP contribution is -2.47. The fourth-order valence-electron chi connectivity index (χ4n) is 4.35. The van der Waals surface area contributed by atoms with Crippen LogP contribution in [0.2, 0.25) is 0 Å². The molecule has 2 amide bonds. The Labute approximate surface area is 209 Å². The lowest BCUT2D eigenvalue weighted by atomic mass is 10.0. The van der Waals surface area contributed by atoms with Gasteiger partial charge in [-0.1, -0.05) is 26.3 Å².